The number of carbonyl (C=O) groups excluding carboxylic acids is 1. The van der Waals surface area contributed by atoms with Gasteiger partial charge in [0.1, 0.15) is 0 Å². The quantitative estimate of drug-likeness (QED) is 0.649. The normalized spacial score (nSPS) is 18.6. The van der Waals surface area contributed by atoms with Crippen molar-refractivity contribution in [1.29, 1.82) is 0 Å². The van der Waals surface area contributed by atoms with Gasteiger partial charge in [0, 0.05) is 72.7 Å². The Bertz CT molecular complexity index is 365. The first kappa shape index (κ1) is 16.5. The largest absolute Gasteiger partial charge is 0.560 e. The number of nitrogens with one attached hydrogen (secondary N) is 1. The second kappa shape index (κ2) is 7.08. The molecule has 0 aliphatic carbocycles. The van der Waals surface area contributed by atoms with E-state index < -0.39 is 0 Å². The average molecular weight is 463 g/mol. The number of amides is 1. The van der Waals surface area contributed by atoms with Gasteiger partial charge in [-0.1, -0.05) is 6.92 Å². The van der Waals surface area contributed by atoms with Gasteiger partial charge in [-0.15, -0.1) is 6.92 Å². The van der Waals surface area contributed by atoms with E-state index in [-0.39, 0.29) is 59.7 Å². The fraction of sp³-hybridized carbons (Fsp3) is 0.545. The number of carbonyl (C=O) groups is 1. The fourth-order valence-electron chi connectivity index (χ4n) is 1.89. The summed E-state index contributed by atoms with van der Waals surface area (Å²) < 4.78 is 2.06. The molecule has 0 bridgehead atoms. The second-order valence-corrected chi connectivity index (χ2v) is 3.93. The number of hydrogen-bond acceptors (Lipinski definition) is 1. The molecule has 1 saturated heterocycles. The van der Waals surface area contributed by atoms with Gasteiger partial charge in [0.05, 0.1) is 0 Å². The molecule has 5 heteroatoms. The molecule has 1 unspecified atom stereocenters. The summed E-state index contributed by atoms with van der Waals surface area (Å²) in [5.41, 5.74) is 2.14. The molecule has 0 spiro atoms. The molecular weight excluding hydrogens is 449 g/mol. The molecule has 85 valence electrons. The molecule has 1 N–H and O–H groups in total. The van der Waals surface area contributed by atoms with Crippen molar-refractivity contribution in [3.8, 4) is 0 Å². The maximum Gasteiger partial charge on any atom is 0.220 e. The van der Waals surface area contributed by atoms with E-state index in [2.05, 4.69) is 22.1 Å². The molecule has 16 heavy (non-hydrogen) atoms. The zero-order valence-electron chi connectivity index (χ0n) is 9.54. The average Bonchev–Trinajstić information content (AvgIpc) is 2.61. The first-order valence-corrected chi connectivity index (χ1v) is 4.90. The Morgan fingerprint density at radius 2 is 2.19 bits per heavy atom. The van der Waals surface area contributed by atoms with Crippen LogP contribution in [0, 0.1) is 32.0 Å². The molecule has 1 amide bonds. The van der Waals surface area contributed by atoms with Crippen LogP contribution in [0.3, 0.4) is 0 Å². The van der Waals surface area contributed by atoms with Crippen molar-refractivity contribution in [2.24, 2.45) is 5.92 Å². The Balaban J connectivity index is 0.00000112. The summed E-state index contributed by atoms with van der Waals surface area (Å²) in [6.07, 6.45) is 3.85. The van der Waals surface area contributed by atoms with Gasteiger partial charge in [0.15, 0.2) is 0 Å². The van der Waals surface area contributed by atoms with E-state index in [1.807, 2.05) is 13.8 Å². The third kappa shape index (κ3) is 4.09. The van der Waals surface area contributed by atoms with Crippen LogP contribution in [0.1, 0.15) is 17.7 Å². The predicted molar refractivity (Wildman–Crippen MR) is 52.7 cm³/mol. The molecule has 1 aliphatic heterocycles. The Morgan fingerprint density at radius 3 is 2.62 bits per heavy atom. The smallest absolute Gasteiger partial charge is 0.220 e. The van der Waals surface area contributed by atoms with Crippen LogP contribution in [0.25, 0.3) is 0 Å². The van der Waals surface area contributed by atoms with Gasteiger partial charge in [-0.3, -0.25) is 4.79 Å². The van der Waals surface area contributed by atoms with E-state index in [4.69, 9.17) is 0 Å². The molecule has 2 rings (SSSR count). The van der Waals surface area contributed by atoms with Crippen molar-refractivity contribution in [1.82, 2.24) is 9.88 Å². The zero-order chi connectivity index (χ0) is 10.1. The van der Waals surface area contributed by atoms with Crippen LogP contribution in [-0.2, 0) is 65.1 Å². The summed E-state index contributed by atoms with van der Waals surface area (Å²) in [6, 6.07) is 3.19. The van der Waals surface area contributed by atoms with Gasteiger partial charge in [-0.25, -0.2) is 5.69 Å². The summed E-state index contributed by atoms with van der Waals surface area (Å²) >= 11 is 0. The van der Waals surface area contributed by atoms with Crippen LogP contribution in [0.5, 0.6) is 0 Å². The molecule has 1 aromatic rings. The van der Waals surface area contributed by atoms with Crippen LogP contribution in [0.15, 0.2) is 0 Å². The number of aromatic nitrogens is 1. The number of rotatable bonds is 2. The standard InChI is InChI=1S/C11H14N2O.W.Y/c1-8-3-9(2)13(6-8)7-10-4-11(14)12-5-10;;/h10H,4-5,7H2,1-2H3,(H,12,14);;/q-2;;. The summed E-state index contributed by atoms with van der Waals surface area (Å²) in [6.45, 7) is 5.67. The monoisotopic (exact) mass is 463 g/mol. The van der Waals surface area contributed by atoms with E-state index in [1.54, 1.807) is 0 Å². The van der Waals surface area contributed by atoms with Crippen LogP contribution in [-0.4, -0.2) is 17.0 Å². The summed E-state index contributed by atoms with van der Waals surface area (Å²) in [5.74, 6) is 0.582. The number of hydrogen-bond donors (Lipinski definition) is 1. The van der Waals surface area contributed by atoms with E-state index in [0.717, 1.165) is 24.3 Å². The Morgan fingerprint density at radius 1 is 1.50 bits per heavy atom. The fourth-order valence-corrected chi connectivity index (χ4v) is 1.89. The molecule has 1 fully saturated rings. The van der Waals surface area contributed by atoms with E-state index in [1.165, 1.54) is 0 Å². The van der Waals surface area contributed by atoms with Crippen molar-refractivity contribution < 1.29 is 58.6 Å². The van der Waals surface area contributed by atoms with Gasteiger partial charge < -0.3 is 27.7 Å². The third-order valence-corrected chi connectivity index (χ3v) is 2.58. The number of nitrogens with zero attached hydrogens (tertiary/aromatic N) is 1. The van der Waals surface area contributed by atoms with Crippen molar-refractivity contribution >= 4 is 5.91 Å². The van der Waals surface area contributed by atoms with Gasteiger partial charge >= 0.3 is 0 Å². The Labute approximate surface area is 136 Å². The summed E-state index contributed by atoms with van der Waals surface area (Å²) in [7, 11) is 0. The molecule has 1 radical (unpaired) electrons. The maximum absolute atomic E-state index is 11.0. The first-order chi connectivity index (χ1) is 6.65. The molecule has 0 aromatic carbocycles. The van der Waals surface area contributed by atoms with Crippen LogP contribution in [0.4, 0.5) is 0 Å². The molecule has 0 saturated carbocycles. The van der Waals surface area contributed by atoms with Gasteiger partial charge in [0.2, 0.25) is 5.91 Å². The molecule has 1 aromatic heterocycles. The number of aryl methyl sites for hydroxylation is 2. The Kier molecular flexibility index (Phi) is 7.32. The third-order valence-electron chi connectivity index (χ3n) is 2.58. The minimum absolute atomic E-state index is 0. The molecule has 2 heterocycles. The zero-order valence-corrected chi connectivity index (χ0v) is 15.3. The molecule has 3 nitrogen and oxygen atoms in total. The van der Waals surface area contributed by atoms with Crippen molar-refractivity contribution in [3.05, 3.63) is 23.5 Å². The van der Waals surface area contributed by atoms with Gasteiger partial charge in [-0.2, -0.15) is 0 Å². The van der Waals surface area contributed by atoms with E-state index in [0.29, 0.717) is 12.3 Å². The molecular formula is C11H14N2OWY-2. The van der Waals surface area contributed by atoms with Crippen LogP contribution < -0.4 is 5.32 Å². The van der Waals surface area contributed by atoms with E-state index in [9.17, 15) is 4.79 Å². The SMILES string of the molecule is Cc1[c-]c(C)n(CC2CNC(=O)C2)[c-]1.[W].[Y]. The Hall–Kier alpha value is 0.542. The van der Waals surface area contributed by atoms with Crippen molar-refractivity contribution in [2.75, 3.05) is 6.54 Å². The topological polar surface area (TPSA) is 34.0 Å². The summed E-state index contributed by atoms with van der Waals surface area (Å²) in [5, 5.41) is 2.84. The predicted octanol–water partition coefficient (Wildman–Crippen LogP) is 0.836. The molecule has 1 atom stereocenters. The second-order valence-electron chi connectivity index (χ2n) is 3.93. The van der Waals surface area contributed by atoms with Crippen LogP contribution in [0.2, 0.25) is 0 Å². The van der Waals surface area contributed by atoms with Crippen molar-refractivity contribution in [3.63, 3.8) is 0 Å². The minimum atomic E-state index is 0. The van der Waals surface area contributed by atoms with E-state index >= 15 is 0 Å². The van der Waals surface area contributed by atoms with Crippen molar-refractivity contribution in [2.45, 2.75) is 26.8 Å². The van der Waals surface area contributed by atoms with Gasteiger partial charge in [0.25, 0.3) is 0 Å². The van der Waals surface area contributed by atoms with Crippen LogP contribution >= 0.6 is 0 Å². The summed E-state index contributed by atoms with van der Waals surface area (Å²) in [4.78, 5) is 11.0. The first-order valence-electron chi connectivity index (χ1n) is 4.90. The minimum Gasteiger partial charge on any atom is -0.560 e. The maximum atomic E-state index is 11.0. The molecule has 1 aliphatic rings. The van der Waals surface area contributed by atoms with Gasteiger partial charge in [-0.05, 0) is 6.54 Å².